The zero-order valence-electron chi connectivity index (χ0n) is 10.5. The lowest BCUT2D eigenvalue weighted by Crippen LogP contribution is -2.28. The van der Waals surface area contributed by atoms with Gasteiger partial charge in [-0.05, 0) is 24.8 Å². The van der Waals surface area contributed by atoms with Gasteiger partial charge in [0.25, 0.3) is 0 Å². The molecule has 100 valence electrons. The van der Waals surface area contributed by atoms with Gasteiger partial charge in [-0.3, -0.25) is 0 Å². The molecule has 0 aliphatic heterocycles. The van der Waals surface area contributed by atoms with E-state index in [0.717, 1.165) is 12.8 Å². The topological polar surface area (TPSA) is 64.7 Å². The van der Waals surface area contributed by atoms with Gasteiger partial charge in [-0.25, -0.2) is 4.39 Å². The molecule has 1 fully saturated rings. The zero-order chi connectivity index (χ0) is 13.3. The maximum absolute atomic E-state index is 13.9. The lowest BCUT2D eigenvalue weighted by atomic mass is 9.98. The van der Waals surface area contributed by atoms with Crippen LogP contribution in [-0.4, -0.2) is 25.4 Å². The number of benzene rings is 1. The molecule has 1 aliphatic rings. The summed E-state index contributed by atoms with van der Waals surface area (Å²) in [7, 11) is 2.92. The summed E-state index contributed by atoms with van der Waals surface area (Å²) in [5, 5.41) is 9.96. The second kappa shape index (κ2) is 5.12. The monoisotopic (exact) mass is 255 g/mol. The van der Waals surface area contributed by atoms with Gasteiger partial charge in [0.2, 0.25) is 0 Å². The van der Waals surface area contributed by atoms with E-state index in [2.05, 4.69) is 0 Å². The molecular formula is C13H18FNO3. The molecule has 0 heterocycles. The Kier molecular flexibility index (Phi) is 3.73. The average Bonchev–Trinajstić information content (AvgIpc) is 3.20. The Morgan fingerprint density at radius 2 is 1.83 bits per heavy atom. The smallest absolute Gasteiger partial charge is 0.163 e. The largest absolute Gasteiger partial charge is 0.493 e. The van der Waals surface area contributed by atoms with Crippen molar-refractivity contribution in [1.29, 1.82) is 0 Å². The van der Waals surface area contributed by atoms with Crippen molar-refractivity contribution < 1.29 is 19.0 Å². The molecule has 2 atom stereocenters. The van der Waals surface area contributed by atoms with Crippen molar-refractivity contribution in [2.75, 3.05) is 14.2 Å². The molecule has 1 saturated carbocycles. The Bertz CT molecular complexity index is 434. The van der Waals surface area contributed by atoms with Crippen LogP contribution in [0.3, 0.4) is 0 Å². The average molecular weight is 255 g/mol. The van der Waals surface area contributed by atoms with Crippen LogP contribution in [0.1, 0.15) is 24.4 Å². The van der Waals surface area contributed by atoms with E-state index in [1.807, 2.05) is 0 Å². The summed E-state index contributed by atoms with van der Waals surface area (Å²) in [6.07, 6.45) is 1.19. The number of halogens is 1. The van der Waals surface area contributed by atoms with Crippen LogP contribution < -0.4 is 15.2 Å². The summed E-state index contributed by atoms with van der Waals surface area (Å²) in [5.41, 5.74) is 6.17. The zero-order valence-corrected chi connectivity index (χ0v) is 10.5. The highest BCUT2D eigenvalue weighted by Crippen LogP contribution is 2.39. The number of methoxy groups -OCH3 is 2. The van der Waals surface area contributed by atoms with Gasteiger partial charge in [-0.15, -0.1) is 0 Å². The molecule has 0 bridgehead atoms. The first-order valence-corrected chi connectivity index (χ1v) is 5.93. The van der Waals surface area contributed by atoms with E-state index < -0.39 is 18.0 Å². The highest BCUT2D eigenvalue weighted by Gasteiger charge is 2.35. The Morgan fingerprint density at radius 3 is 2.33 bits per heavy atom. The maximum Gasteiger partial charge on any atom is 0.163 e. The summed E-state index contributed by atoms with van der Waals surface area (Å²) in [4.78, 5) is 0. The quantitative estimate of drug-likeness (QED) is 0.839. The van der Waals surface area contributed by atoms with E-state index in [-0.39, 0.29) is 11.5 Å². The van der Waals surface area contributed by atoms with E-state index in [1.165, 1.54) is 26.4 Å². The molecule has 1 aliphatic carbocycles. The Balaban J connectivity index is 2.31. The van der Waals surface area contributed by atoms with Crippen LogP contribution in [0.5, 0.6) is 11.5 Å². The van der Waals surface area contributed by atoms with Crippen molar-refractivity contribution in [3.8, 4) is 11.5 Å². The number of aliphatic hydroxyl groups excluding tert-OH is 1. The van der Waals surface area contributed by atoms with Crippen molar-refractivity contribution in [1.82, 2.24) is 0 Å². The number of hydrogen-bond donors (Lipinski definition) is 2. The first-order chi connectivity index (χ1) is 8.58. The molecule has 1 aromatic rings. The van der Waals surface area contributed by atoms with Crippen LogP contribution in [0.15, 0.2) is 12.1 Å². The molecular weight excluding hydrogens is 237 g/mol. The molecule has 0 spiro atoms. The van der Waals surface area contributed by atoms with Gasteiger partial charge in [0, 0.05) is 11.6 Å². The molecule has 0 amide bonds. The second-order valence-corrected chi connectivity index (χ2v) is 4.58. The fraction of sp³-hybridized carbons (Fsp3) is 0.538. The number of ether oxygens (including phenoxy) is 2. The highest BCUT2D eigenvalue weighted by atomic mass is 19.1. The third-order valence-electron chi connectivity index (χ3n) is 3.33. The number of aliphatic hydroxyl groups is 1. The molecule has 5 heteroatoms. The summed E-state index contributed by atoms with van der Waals surface area (Å²) in [6, 6.07) is 1.98. The summed E-state index contributed by atoms with van der Waals surface area (Å²) >= 11 is 0. The van der Waals surface area contributed by atoms with Gasteiger partial charge in [0.1, 0.15) is 5.82 Å². The van der Waals surface area contributed by atoms with Crippen molar-refractivity contribution in [2.45, 2.75) is 25.0 Å². The fourth-order valence-electron chi connectivity index (χ4n) is 2.04. The van der Waals surface area contributed by atoms with Gasteiger partial charge in [-0.1, -0.05) is 0 Å². The molecule has 0 radical (unpaired) electrons. The number of rotatable bonds is 5. The van der Waals surface area contributed by atoms with Crippen LogP contribution in [0.4, 0.5) is 4.39 Å². The summed E-state index contributed by atoms with van der Waals surface area (Å²) in [6.45, 7) is 0. The summed E-state index contributed by atoms with van der Waals surface area (Å²) in [5.74, 6) is 0.423. The SMILES string of the molecule is COc1cc(F)c([C@@H](N)[C@@H](O)C2CC2)cc1OC. The molecule has 0 saturated heterocycles. The van der Waals surface area contributed by atoms with Crippen molar-refractivity contribution in [2.24, 2.45) is 11.7 Å². The third-order valence-corrected chi connectivity index (χ3v) is 3.33. The predicted octanol–water partition coefficient (Wildman–Crippen LogP) is 1.61. The Labute approximate surface area is 106 Å². The highest BCUT2D eigenvalue weighted by molar-refractivity contribution is 5.45. The Morgan fingerprint density at radius 1 is 1.28 bits per heavy atom. The van der Waals surface area contributed by atoms with Gasteiger partial charge >= 0.3 is 0 Å². The van der Waals surface area contributed by atoms with Gasteiger partial charge < -0.3 is 20.3 Å². The second-order valence-electron chi connectivity index (χ2n) is 4.58. The minimum Gasteiger partial charge on any atom is -0.493 e. The van der Waals surface area contributed by atoms with Crippen LogP contribution in [-0.2, 0) is 0 Å². The lowest BCUT2D eigenvalue weighted by molar-refractivity contribution is 0.120. The minimum absolute atomic E-state index is 0.187. The number of hydrogen-bond acceptors (Lipinski definition) is 4. The van der Waals surface area contributed by atoms with E-state index in [1.54, 1.807) is 0 Å². The third kappa shape index (κ3) is 2.42. The fourth-order valence-corrected chi connectivity index (χ4v) is 2.04. The molecule has 3 N–H and O–H groups in total. The molecule has 0 aromatic heterocycles. The predicted molar refractivity (Wildman–Crippen MR) is 65.2 cm³/mol. The maximum atomic E-state index is 13.9. The van der Waals surface area contributed by atoms with Gasteiger partial charge in [0.15, 0.2) is 11.5 Å². The van der Waals surface area contributed by atoms with Crippen LogP contribution in [0.2, 0.25) is 0 Å². The van der Waals surface area contributed by atoms with E-state index in [4.69, 9.17) is 15.2 Å². The van der Waals surface area contributed by atoms with Gasteiger partial charge in [-0.2, -0.15) is 0 Å². The standard InChI is InChI=1S/C13H18FNO3/c1-17-10-5-8(9(14)6-11(10)18-2)12(15)13(16)7-3-4-7/h5-7,12-13,16H,3-4,15H2,1-2H3/t12-,13+/m1/s1. The minimum atomic E-state index is -0.739. The van der Waals surface area contributed by atoms with Crippen LogP contribution >= 0.6 is 0 Å². The first-order valence-electron chi connectivity index (χ1n) is 5.93. The van der Waals surface area contributed by atoms with Gasteiger partial charge in [0.05, 0.1) is 26.4 Å². The Hall–Kier alpha value is -1.33. The molecule has 0 unspecified atom stereocenters. The normalized spacial score (nSPS) is 18.3. The molecule has 18 heavy (non-hydrogen) atoms. The van der Waals surface area contributed by atoms with E-state index in [0.29, 0.717) is 11.5 Å². The molecule has 2 rings (SSSR count). The molecule has 4 nitrogen and oxygen atoms in total. The van der Waals surface area contributed by atoms with Crippen LogP contribution in [0.25, 0.3) is 0 Å². The van der Waals surface area contributed by atoms with E-state index in [9.17, 15) is 9.50 Å². The van der Waals surface area contributed by atoms with Crippen molar-refractivity contribution in [3.05, 3.63) is 23.5 Å². The first kappa shape index (κ1) is 13.1. The van der Waals surface area contributed by atoms with Crippen LogP contribution in [0, 0.1) is 11.7 Å². The molecule has 1 aromatic carbocycles. The van der Waals surface area contributed by atoms with Crippen molar-refractivity contribution in [3.63, 3.8) is 0 Å². The number of nitrogens with two attached hydrogens (primary N) is 1. The van der Waals surface area contributed by atoms with E-state index >= 15 is 0 Å². The van der Waals surface area contributed by atoms with Crippen molar-refractivity contribution >= 4 is 0 Å². The summed E-state index contributed by atoms with van der Waals surface area (Å²) < 4.78 is 24.0. The lowest BCUT2D eigenvalue weighted by Gasteiger charge is -2.20.